The fraction of sp³-hybridized carbons (Fsp3) is 0.222. The molecule has 2 rings (SSSR count). The first kappa shape index (κ1) is 28.7. The van der Waals surface area contributed by atoms with E-state index in [1.165, 1.54) is 5.54 Å². The predicted octanol–water partition coefficient (Wildman–Crippen LogP) is 5.85. The van der Waals surface area contributed by atoms with Gasteiger partial charge in [0.25, 0.3) is 0 Å². The van der Waals surface area contributed by atoms with Crippen LogP contribution in [0.1, 0.15) is 37.6 Å². The molecule has 1 aromatic carbocycles. The number of allylic oxidation sites excluding steroid dienone is 8. The molecule has 0 aliphatic heterocycles. The van der Waals surface area contributed by atoms with Crippen molar-refractivity contribution in [2.24, 2.45) is 0 Å². The van der Waals surface area contributed by atoms with E-state index in [0.717, 1.165) is 29.0 Å². The Morgan fingerprint density at radius 2 is 1.88 bits per heavy atom. The van der Waals surface area contributed by atoms with Gasteiger partial charge < -0.3 is 15.5 Å². The van der Waals surface area contributed by atoms with E-state index in [0.29, 0.717) is 42.4 Å². The molecule has 0 atom stereocenters. The number of rotatable bonds is 12. The molecule has 7 heteroatoms. The van der Waals surface area contributed by atoms with Crippen LogP contribution in [0.15, 0.2) is 85.5 Å². The molecule has 0 aliphatic rings. The second-order valence-electron chi connectivity index (χ2n) is 7.21. The van der Waals surface area contributed by atoms with Crippen molar-refractivity contribution in [3.63, 3.8) is 0 Å². The first-order valence-electron chi connectivity index (χ1n) is 10.8. The summed E-state index contributed by atoms with van der Waals surface area (Å²) in [5.74, 6) is 0. The number of fused-ring (bicyclic) bond motifs is 1. The lowest BCUT2D eigenvalue weighted by atomic mass is 10.0. The molecular formula is C27H32ClN3O3. The molecule has 180 valence electrons. The van der Waals surface area contributed by atoms with Crippen molar-refractivity contribution < 1.29 is 15.0 Å². The van der Waals surface area contributed by atoms with Gasteiger partial charge in [0, 0.05) is 16.8 Å². The van der Waals surface area contributed by atoms with Gasteiger partial charge in [-0.1, -0.05) is 73.4 Å². The van der Waals surface area contributed by atoms with Crippen molar-refractivity contribution in [3.05, 3.63) is 96.9 Å². The van der Waals surface area contributed by atoms with E-state index in [9.17, 15) is 4.79 Å². The SMILES string of the molecule is C=C/C(C)=C\C=C\Cl.C=C/C=C(\C=C)c1nc2ccc(NC=O)cc2nc1CCCCC(O)O. The lowest BCUT2D eigenvalue weighted by Crippen LogP contribution is -2.05. The lowest BCUT2D eigenvalue weighted by Gasteiger charge is -2.12. The van der Waals surface area contributed by atoms with E-state index >= 15 is 0 Å². The molecule has 34 heavy (non-hydrogen) atoms. The Bertz CT molecular complexity index is 1070. The second-order valence-corrected chi connectivity index (χ2v) is 7.46. The molecule has 0 unspecified atom stereocenters. The van der Waals surface area contributed by atoms with Gasteiger partial charge in [0.2, 0.25) is 6.41 Å². The molecule has 0 bridgehead atoms. The smallest absolute Gasteiger partial charge is 0.211 e. The van der Waals surface area contributed by atoms with Crippen LogP contribution in [0.25, 0.3) is 16.6 Å². The highest BCUT2D eigenvalue weighted by Crippen LogP contribution is 2.24. The van der Waals surface area contributed by atoms with Crippen LogP contribution in [0.3, 0.4) is 0 Å². The Balaban J connectivity index is 0.000000620. The van der Waals surface area contributed by atoms with Crippen LogP contribution >= 0.6 is 11.6 Å². The largest absolute Gasteiger partial charge is 0.368 e. The molecular weight excluding hydrogens is 450 g/mol. The summed E-state index contributed by atoms with van der Waals surface area (Å²) in [5, 5.41) is 20.6. The van der Waals surface area contributed by atoms with Gasteiger partial charge in [-0.25, -0.2) is 9.97 Å². The van der Waals surface area contributed by atoms with Gasteiger partial charge in [-0.15, -0.1) is 0 Å². The van der Waals surface area contributed by atoms with Gasteiger partial charge in [-0.05, 0) is 50.8 Å². The Kier molecular flexibility index (Phi) is 13.8. The molecule has 1 heterocycles. The number of amides is 1. The van der Waals surface area contributed by atoms with Crippen molar-refractivity contribution in [1.29, 1.82) is 0 Å². The van der Waals surface area contributed by atoms with Gasteiger partial charge in [-0.2, -0.15) is 0 Å². The normalized spacial score (nSPS) is 11.8. The van der Waals surface area contributed by atoms with Crippen molar-refractivity contribution in [1.82, 2.24) is 9.97 Å². The van der Waals surface area contributed by atoms with Gasteiger partial charge >= 0.3 is 0 Å². The number of aliphatic hydroxyl groups excluding tert-OH is 1. The highest BCUT2D eigenvalue weighted by molar-refractivity contribution is 6.25. The van der Waals surface area contributed by atoms with Gasteiger partial charge in [0.05, 0.1) is 22.4 Å². The molecule has 3 N–H and O–H groups in total. The zero-order chi connectivity index (χ0) is 25.3. The number of aromatic nitrogens is 2. The lowest BCUT2D eigenvalue weighted by molar-refractivity contribution is -0.105. The van der Waals surface area contributed by atoms with Crippen molar-refractivity contribution >= 4 is 40.3 Å². The van der Waals surface area contributed by atoms with E-state index in [2.05, 4.69) is 25.1 Å². The topological polar surface area (TPSA) is 95.3 Å². The summed E-state index contributed by atoms with van der Waals surface area (Å²) in [6.07, 6.45) is 12.3. The summed E-state index contributed by atoms with van der Waals surface area (Å²) in [4.78, 5) is 20.1. The van der Waals surface area contributed by atoms with Crippen LogP contribution in [-0.4, -0.2) is 32.9 Å². The number of hydrogen-bond acceptors (Lipinski definition) is 5. The quantitative estimate of drug-likeness (QED) is 0.153. The number of aliphatic hydroxyl groups is 2. The maximum absolute atomic E-state index is 10.6. The minimum atomic E-state index is -1.29. The highest BCUT2D eigenvalue weighted by Gasteiger charge is 2.12. The highest BCUT2D eigenvalue weighted by atomic mass is 35.5. The summed E-state index contributed by atoms with van der Waals surface area (Å²) >= 11 is 5.24. The van der Waals surface area contributed by atoms with E-state index in [1.54, 1.807) is 42.5 Å². The maximum atomic E-state index is 10.6. The van der Waals surface area contributed by atoms with Crippen LogP contribution < -0.4 is 5.32 Å². The zero-order valence-corrected chi connectivity index (χ0v) is 20.2. The van der Waals surface area contributed by atoms with E-state index < -0.39 is 6.29 Å². The molecule has 6 nitrogen and oxygen atoms in total. The van der Waals surface area contributed by atoms with Gasteiger partial charge in [0.1, 0.15) is 0 Å². The summed E-state index contributed by atoms with van der Waals surface area (Å²) in [7, 11) is 0. The van der Waals surface area contributed by atoms with E-state index in [4.69, 9.17) is 31.8 Å². The molecule has 2 aromatic rings. The van der Waals surface area contributed by atoms with Crippen molar-refractivity contribution in [3.8, 4) is 0 Å². The van der Waals surface area contributed by atoms with Crippen LogP contribution in [0.5, 0.6) is 0 Å². The summed E-state index contributed by atoms with van der Waals surface area (Å²) < 4.78 is 0. The van der Waals surface area contributed by atoms with Gasteiger partial charge in [-0.3, -0.25) is 4.79 Å². The number of hydrogen-bond donors (Lipinski definition) is 3. The molecule has 1 amide bonds. The van der Waals surface area contributed by atoms with E-state index in [1.807, 2.05) is 19.1 Å². The Hall–Kier alpha value is -3.32. The first-order valence-corrected chi connectivity index (χ1v) is 11.2. The standard InChI is InChI=1S/C20H23N3O3.C7H9Cl/c1-3-7-14(4-2)20-17(8-5-6-9-19(25)26)22-18-12-15(21-13-24)10-11-16(18)23-20;1-3-7(2)5-4-6-8/h3-4,7,10-13,19,25-26H,1-2,5-6,8-9H2,(H,21,24);3-6H,1H2,2H3/b14-7+;6-4+,7-5-. The number of halogens is 1. The van der Waals surface area contributed by atoms with Gasteiger partial charge in [0.15, 0.2) is 6.29 Å². The van der Waals surface area contributed by atoms with E-state index in [-0.39, 0.29) is 0 Å². The number of aryl methyl sites for hydroxylation is 1. The number of anilines is 1. The van der Waals surface area contributed by atoms with Crippen LogP contribution in [-0.2, 0) is 11.2 Å². The predicted molar refractivity (Wildman–Crippen MR) is 142 cm³/mol. The Morgan fingerprint density at radius 1 is 1.12 bits per heavy atom. The summed E-state index contributed by atoms with van der Waals surface area (Å²) in [5.41, 5.74) is 6.96. The zero-order valence-electron chi connectivity index (χ0n) is 19.5. The maximum Gasteiger partial charge on any atom is 0.211 e. The molecule has 1 aromatic heterocycles. The molecule has 0 aliphatic carbocycles. The van der Waals surface area contributed by atoms with Crippen LogP contribution in [0.2, 0.25) is 0 Å². The molecule has 0 spiro atoms. The Morgan fingerprint density at radius 3 is 2.47 bits per heavy atom. The second kappa shape index (κ2) is 16.3. The molecule has 0 saturated heterocycles. The fourth-order valence-corrected chi connectivity index (χ4v) is 2.97. The van der Waals surface area contributed by atoms with Crippen molar-refractivity contribution in [2.45, 2.75) is 38.9 Å². The summed E-state index contributed by atoms with van der Waals surface area (Å²) in [6, 6.07) is 5.34. The van der Waals surface area contributed by atoms with Crippen LogP contribution in [0, 0.1) is 0 Å². The number of benzene rings is 1. The number of nitrogens with one attached hydrogen (secondary N) is 1. The van der Waals surface area contributed by atoms with Crippen LogP contribution in [0.4, 0.5) is 5.69 Å². The number of carbonyl (C=O) groups is 1. The minimum Gasteiger partial charge on any atom is -0.368 e. The third kappa shape index (κ3) is 10.1. The molecule has 0 fully saturated rings. The molecule has 0 saturated carbocycles. The average Bonchev–Trinajstić information content (AvgIpc) is 2.83. The monoisotopic (exact) mass is 481 g/mol. The third-order valence-corrected chi connectivity index (χ3v) is 4.78. The molecule has 0 radical (unpaired) electrons. The first-order chi connectivity index (χ1) is 16.4. The van der Waals surface area contributed by atoms with Crippen molar-refractivity contribution in [2.75, 3.05) is 5.32 Å². The minimum absolute atomic E-state index is 0.320. The number of nitrogens with zero attached hydrogens (tertiary/aromatic N) is 2. The number of carbonyl (C=O) groups excluding carboxylic acids is 1. The summed E-state index contributed by atoms with van der Waals surface area (Å²) in [6.45, 7) is 13.1. The average molecular weight is 482 g/mol. The number of unbranched alkanes of at least 4 members (excludes halogenated alkanes) is 1. The fourth-order valence-electron chi connectivity index (χ4n) is 2.90. The third-order valence-electron chi connectivity index (χ3n) is 4.63. The Labute approximate surface area is 206 Å².